The fraction of sp³-hybridized carbons (Fsp3) is 0.895. The fourth-order valence-electron chi connectivity index (χ4n) is 3.23. The minimum Gasteiger partial charge on any atom is -0.357 e. The minimum absolute atomic E-state index is 0. The first kappa shape index (κ1) is 25.4. The van der Waals surface area contributed by atoms with Crippen LogP contribution in [0, 0.1) is 5.92 Å². The largest absolute Gasteiger partial charge is 0.357 e. The van der Waals surface area contributed by atoms with Gasteiger partial charge in [0.25, 0.3) is 0 Å². The first-order valence-corrected chi connectivity index (χ1v) is 9.94. The summed E-state index contributed by atoms with van der Waals surface area (Å²) in [4.78, 5) is 23.5. The summed E-state index contributed by atoms with van der Waals surface area (Å²) in [6, 6.07) is 0.438. The van der Waals surface area contributed by atoms with E-state index in [2.05, 4.69) is 31.0 Å². The Morgan fingerprint density at radius 3 is 2.31 bits per heavy atom. The summed E-state index contributed by atoms with van der Waals surface area (Å²) in [5, 5.41) is 3.31. The molecule has 1 atom stereocenters. The molecule has 0 saturated carbocycles. The monoisotopic (exact) mass is 481 g/mol. The molecule has 154 valence electrons. The zero-order chi connectivity index (χ0) is 18.8. The van der Waals surface area contributed by atoms with E-state index in [0.717, 1.165) is 38.1 Å². The number of guanidine groups is 1. The van der Waals surface area contributed by atoms with Crippen LogP contribution in [0.1, 0.15) is 47.5 Å². The zero-order valence-corrected chi connectivity index (χ0v) is 20.0. The van der Waals surface area contributed by atoms with E-state index in [0.29, 0.717) is 12.6 Å². The number of carbonyl (C=O) groups is 1. The quantitative estimate of drug-likeness (QED) is 0.329. The Labute approximate surface area is 177 Å². The van der Waals surface area contributed by atoms with Gasteiger partial charge in [-0.2, -0.15) is 0 Å². The summed E-state index contributed by atoms with van der Waals surface area (Å²) in [6.07, 6.45) is 2.57. The van der Waals surface area contributed by atoms with Crippen molar-refractivity contribution >= 4 is 35.8 Å². The number of rotatable bonds is 8. The van der Waals surface area contributed by atoms with E-state index in [1.54, 1.807) is 0 Å². The molecule has 0 radical (unpaired) electrons. The van der Waals surface area contributed by atoms with E-state index in [4.69, 9.17) is 4.99 Å². The Morgan fingerprint density at radius 2 is 1.81 bits per heavy atom. The van der Waals surface area contributed by atoms with Crippen molar-refractivity contribution in [2.24, 2.45) is 10.9 Å². The van der Waals surface area contributed by atoms with Crippen molar-refractivity contribution in [3.8, 4) is 0 Å². The van der Waals surface area contributed by atoms with E-state index >= 15 is 0 Å². The highest BCUT2D eigenvalue weighted by atomic mass is 127. The zero-order valence-electron chi connectivity index (χ0n) is 17.6. The average Bonchev–Trinajstić information content (AvgIpc) is 2.59. The highest BCUT2D eigenvalue weighted by Gasteiger charge is 2.20. The van der Waals surface area contributed by atoms with Gasteiger partial charge in [0.1, 0.15) is 0 Å². The molecule has 0 spiro atoms. The first-order chi connectivity index (χ1) is 11.9. The SMILES string of the molecule is CCNC(=NCC(C)N1CCC(C)CC1)N(C)CC(=O)N(CC)CC.I. The Kier molecular flexibility index (Phi) is 13.3. The second kappa shape index (κ2) is 13.6. The second-order valence-electron chi connectivity index (χ2n) is 7.18. The van der Waals surface area contributed by atoms with Gasteiger partial charge in [-0.3, -0.25) is 14.7 Å². The normalized spacial score (nSPS) is 17.4. The summed E-state index contributed by atoms with van der Waals surface area (Å²) in [5.41, 5.74) is 0. The number of hydrogen-bond acceptors (Lipinski definition) is 3. The summed E-state index contributed by atoms with van der Waals surface area (Å²) in [7, 11) is 1.94. The Morgan fingerprint density at radius 1 is 1.23 bits per heavy atom. The number of halogens is 1. The molecule has 1 N–H and O–H groups in total. The molecule has 0 aromatic heterocycles. The molecule has 1 heterocycles. The summed E-state index contributed by atoms with van der Waals surface area (Å²) in [6.45, 7) is 16.5. The molecule has 1 aliphatic rings. The predicted octanol–water partition coefficient (Wildman–Crippen LogP) is 2.49. The van der Waals surface area contributed by atoms with Crippen LogP contribution in [0.4, 0.5) is 0 Å². The van der Waals surface area contributed by atoms with E-state index in [1.807, 2.05) is 30.7 Å². The molecule has 1 fully saturated rings. The number of nitrogens with zero attached hydrogens (tertiary/aromatic N) is 4. The fourth-order valence-corrected chi connectivity index (χ4v) is 3.23. The Balaban J connectivity index is 0.00000625. The molecule has 0 aromatic rings. The van der Waals surface area contributed by atoms with Crippen LogP contribution in [-0.4, -0.2) is 85.5 Å². The number of carbonyl (C=O) groups excluding carboxylic acids is 1. The van der Waals surface area contributed by atoms with Gasteiger partial charge in [-0.25, -0.2) is 0 Å². The highest BCUT2D eigenvalue weighted by Crippen LogP contribution is 2.18. The number of likely N-dealkylation sites (N-methyl/N-ethyl adjacent to an activating group) is 2. The van der Waals surface area contributed by atoms with Crippen molar-refractivity contribution in [2.75, 3.05) is 52.9 Å². The van der Waals surface area contributed by atoms with Gasteiger partial charge in [0, 0.05) is 32.7 Å². The lowest BCUT2D eigenvalue weighted by molar-refractivity contribution is -0.131. The molecule has 0 aromatic carbocycles. The van der Waals surface area contributed by atoms with E-state index in [-0.39, 0.29) is 29.9 Å². The number of amides is 1. The number of hydrogen-bond donors (Lipinski definition) is 1. The van der Waals surface area contributed by atoms with Gasteiger partial charge in [-0.15, -0.1) is 24.0 Å². The van der Waals surface area contributed by atoms with E-state index in [1.165, 1.54) is 25.9 Å². The smallest absolute Gasteiger partial charge is 0.242 e. The van der Waals surface area contributed by atoms with Crippen LogP contribution in [0.2, 0.25) is 0 Å². The van der Waals surface area contributed by atoms with Crippen LogP contribution >= 0.6 is 24.0 Å². The maximum Gasteiger partial charge on any atom is 0.242 e. The molecule has 0 bridgehead atoms. The van der Waals surface area contributed by atoms with Crippen molar-refractivity contribution in [2.45, 2.75) is 53.5 Å². The number of nitrogens with one attached hydrogen (secondary N) is 1. The number of piperidine rings is 1. The maximum atomic E-state index is 12.3. The number of likely N-dealkylation sites (tertiary alicyclic amines) is 1. The molecule has 6 nitrogen and oxygen atoms in total. The summed E-state index contributed by atoms with van der Waals surface area (Å²) >= 11 is 0. The van der Waals surface area contributed by atoms with E-state index < -0.39 is 0 Å². The molecule has 1 amide bonds. The lowest BCUT2D eigenvalue weighted by atomic mass is 9.98. The molecule has 26 heavy (non-hydrogen) atoms. The van der Waals surface area contributed by atoms with Gasteiger partial charge in [-0.05, 0) is 59.5 Å². The molecule has 1 rings (SSSR count). The lowest BCUT2D eigenvalue weighted by Gasteiger charge is -2.34. The van der Waals surface area contributed by atoms with Gasteiger partial charge in [0.2, 0.25) is 5.91 Å². The lowest BCUT2D eigenvalue weighted by Crippen LogP contribution is -2.46. The van der Waals surface area contributed by atoms with Gasteiger partial charge >= 0.3 is 0 Å². The van der Waals surface area contributed by atoms with Crippen LogP contribution in [0.5, 0.6) is 0 Å². The van der Waals surface area contributed by atoms with Crippen LogP contribution in [-0.2, 0) is 4.79 Å². The summed E-state index contributed by atoms with van der Waals surface area (Å²) < 4.78 is 0. The standard InChI is InChI=1S/C19H39N5O.HI/c1-7-20-19(22(6)15-18(25)23(8-2)9-3)21-14-17(5)24-12-10-16(4)11-13-24;/h16-17H,7-15H2,1-6H3,(H,20,21);1H. The third-order valence-corrected chi connectivity index (χ3v) is 5.13. The van der Waals surface area contributed by atoms with Crippen molar-refractivity contribution in [3.63, 3.8) is 0 Å². The molecular weight excluding hydrogens is 441 g/mol. The molecule has 1 unspecified atom stereocenters. The van der Waals surface area contributed by atoms with Crippen LogP contribution in [0.3, 0.4) is 0 Å². The molecule has 1 aliphatic heterocycles. The van der Waals surface area contributed by atoms with Crippen LogP contribution in [0.15, 0.2) is 4.99 Å². The van der Waals surface area contributed by atoms with Crippen LogP contribution < -0.4 is 5.32 Å². The molecular formula is C19H40IN5O. The highest BCUT2D eigenvalue weighted by molar-refractivity contribution is 14.0. The van der Waals surface area contributed by atoms with Crippen molar-refractivity contribution < 1.29 is 4.79 Å². The summed E-state index contributed by atoms with van der Waals surface area (Å²) in [5.74, 6) is 1.82. The second-order valence-corrected chi connectivity index (χ2v) is 7.18. The first-order valence-electron chi connectivity index (χ1n) is 9.94. The van der Waals surface area contributed by atoms with Crippen molar-refractivity contribution in [1.29, 1.82) is 0 Å². The minimum atomic E-state index is 0. The number of aliphatic imine (C=N–C) groups is 1. The Hall–Kier alpha value is -0.570. The van der Waals surface area contributed by atoms with Crippen molar-refractivity contribution in [1.82, 2.24) is 20.0 Å². The maximum absolute atomic E-state index is 12.3. The Bertz CT molecular complexity index is 420. The topological polar surface area (TPSA) is 51.2 Å². The van der Waals surface area contributed by atoms with Gasteiger partial charge in [0.15, 0.2) is 5.96 Å². The third kappa shape index (κ3) is 8.41. The van der Waals surface area contributed by atoms with E-state index in [9.17, 15) is 4.79 Å². The average molecular weight is 481 g/mol. The third-order valence-electron chi connectivity index (χ3n) is 5.13. The van der Waals surface area contributed by atoms with Gasteiger partial charge < -0.3 is 15.1 Å². The molecule has 7 heteroatoms. The van der Waals surface area contributed by atoms with Gasteiger partial charge in [0.05, 0.1) is 13.1 Å². The molecule has 0 aliphatic carbocycles. The van der Waals surface area contributed by atoms with Crippen molar-refractivity contribution in [3.05, 3.63) is 0 Å². The van der Waals surface area contributed by atoms with Gasteiger partial charge in [-0.1, -0.05) is 6.92 Å². The van der Waals surface area contributed by atoms with Crippen LogP contribution in [0.25, 0.3) is 0 Å². The molecule has 1 saturated heterocycles. The predicted molar refractivity (Wildman–Crippen MR) is 121 cm³/mol.